The SMILES string of the molecule is CCCOCCN(C(=O)c1ccc(NC(C)=O)nc1)c1ccc(CSc2nc3c([nH]2)c(=O)n(C2CC(C(F)(F)F)C2)c(=O)n3CC(F)(F)F)cn1. The number of aromatic nitrogens is 6. The molecule has 0 saturated heterocycles. The number of fused-ring (bicyclic) bond motifs is 1. The molecule has 51 heavy (non-hydrogen) atoms. The first-order valence-electron chi connectivity index (χ1n) is 15.6. The second kappa shape index (κ2) is 15.3. The molecule has 2 amide bonds. The van der Waals surface area contributed by atoms with Crippen LogP contribution in [0.3, 0.4) is 0 Å². The number of nitrogens with one attached hydrogen (secondary N) is 2. The molecule has 4 aromatic heterocycles. The van der Waals surface area contributed by atoms with Crippen LogP contribution in [0.25, 0.3) is 11.2 Å². The van der Waals surface area contributed by atoms with Crippen molar-refractivity contribution in [2.75, 3.05) is 30.0 Å². The molecule has 0 spiro atoms. The van der Waals surface area contributed by atoms with E-state index < -0.39 is 72.0 Å². The highest BCUT2D eigenvalue weighted by Gasteiger charge is 2.49. The van der Waals surface area contributed by atoms with Crippen LogP contribution in [-0.2, 0) is 21.8 Å². The fourth-order valence-electron chi connectivity index (χ4n) is 5.36. The maximum absolute atomic E-state index is 13.5. The first kappa shape index (κ1) is 37.5. The van der Waals surface area contributed by atoms with Gasteiger partial charge in [0.05, 0.1) is 24.6 Å². The van der Waals surface area contributed by atoms with E-state index in [1.54, 1.807) is 12.1 Å². The molecule has 274 valence electrons. The molecule has 13 nitrogen and oxygen atoms in total. The number of imidazole rings is 1. The molecule has 0 radical (unpaired) electrons. The lowest BCUT2D eigenvalue weighted by Gasteiger charge is -2.37. The van der Waals surface area contributed by atoms with Crippen LogP contribution in [0.2, 0.25) is 0 Å². The van der Waals surface area contributed by atoms with Gasteiger partial charge in [-0.2, -0.15) is 26.3 Å². The van der Waals surface area contributed by atoms with Crippen LogP contribution in [0.1, 0.15) is 55.1 Å². The highest BCUT2D eigenvalue weighted by Crippen LogP contribution is 2.46. The lowest BCUT2D eigenvalue weighted by Crippen LogP contribution is -2.49. The molecular formula is C31H32F6N8O5S. The Morgan fingerprint density at radius 1 is 1.06 bits per heavy atom. The molecule has 1 saturated carbocycles. The molecule has 0 aliphatic heterocycles. The fourth-order valence-corrected chi connectivity index (χ4v) is 6.16. The van der Waals surface area contributed by atoms with Gasteiger partial charge in [0.15, 0.2) is 16.3 Å². The number of alkyl halides is 6. The Hall–Kier alpha value is -4.72. The van der Waals surface area contributed by atoms with Crippen molar-refractivity contribution in [3.8, 4) is 0 Å². The van der Waals surface area contributed by atoms with Gasteiger partial charge in [0.25, 0.3) is 11.5 Å². The fraction of sp³-hybridized carbons (Fsp3) is 0.452. The van der Waals surface area contributed by atoms with E-state index in [1.807, 2.05) is 6.92 Å². The maximum Gasteiger partial charge on any atom is 0.406 e. The normalized spacial score (nSPS) is 16.2. The van der Waals surface area contributed by atoms with Crippen LogP contribution in [0, 0.1) is 5.92 Å². The molecule has 0 atom stereocenters. The summed E-state index contributed by atoms with van der Waals surface area (Å²) < 4.78 is 85.9. The van der Waals surface area contributed by atoms with Gasteiger partial charge in [0.1, 0.15) is 18.2 Å². The zero-order valence-electron chi connectivity index (χ0n) is 27.2. The van der Waals surface area contributed by atoms with Crippen LogP contribution in [0.15, 0.2) is 51.4 Å². The summed E-state index contributed by atoms with van der Waals surface area (Å²) in [5, 5.41) is 2.51. The highest BCUT2D eigenvalue weighted by molar-refractivity contribution is 7.98. The average Bonchev–Trinajstić information content (AvgIpc) is 3.47. The van der Waals surface area contributed by atoms with Gasteiger partial charge in [-0.3, -0.25) is 28.4 Å². The van der Waals surface area contributed by atoms with E-state index in [-0.39, 0.29) is 51.7 Å². The number of ether oxygens (including phenoxy) is 1. The van der Waals surface area contributed by atoms with E-state index in [0.29, 0.717) is 16.7 Å². The van der Waals surface area contributed by atoms with Crippen molar-refractivity contribution in [1.82, 2.24) is 29.1 Å². The van der Waals surface area contributed by atoms with E-state index >= 15 is 0 Å². The van der Waals surface area contributed by atoms with Gasteiger partial charge in [0.2, 0.25) is 5.91 Å². The van der Waals surface area contributed by atoms with Gasteiger partial charge in [0, 0.05) is 37.7 Å². The van der Waals surface area contributed by atoms with Gasteiger partial charge in [-0.25, -0.2) is 19.7 Å². The molecule has 1 aliphatic rings. The smallest absolute Gasteiger partial charge is 0.380 e. The van der Waals surface area contributed by atoms with Crippen molar-refractivity contribution in [3.63, 3.8) is 0 Å². The number of H-pyrrole nitrogens is 1. The number of halogens is 6. The summed E-state index contributed by atoms with van der Waals surface area (Å²) in [6.07, 6.45) is -7.10. The third kappa shape index (κ3) is 8.96. The Kier molecular flexibility index (Phi) is 11.2. The molecule has 5 rings (SSSR count). The molecule has 0 unspecified atom stereocenters. The molecule has 4 aromatic rings. The summed E-state index contributed by atoms with van der Waals surface area (Å²) in [6, 6.07) is 5.02. The zero-order chi connectivity index (χ0) is 37.1. The van der Waals surface area contributed by atoms with E-state index in [4.69, 9.17) is 4.74 Å². The minimum absolute atomic E-state index is 0.0129. The lowest BCUT2D eigenvalue weighted by atomic mass is 9.79. The molecule has 0 bridgehead atoms. The summed E-state index contributed by atoms with van der Waals surface area (Å²) in [6.45, 7) is 2.32. The second-order valence-corrected chi connectivity index (χ2v) is 12.7. The van der Waals surface area contributed by atoms with Crippen molar-refractivity contribution in [3.05, 3.63) is 68.6 Å². The summed E-state index contributed by atoms with van der Waals surface area (Å²) in [7, 11) is 0. The van der Waals surface area contributed by atoms with E-state index in [9.17, 15) is 45.5 Å². The third-order valence-corrected chi connectivity index (χ3v) is 8.84. The lowest BCUT2D eigenvalue weighted by molar-refractivity contribution is -0.202. The van der Waals surface area contributed by atoms with E-state index in [0.717, 1.165) is 18.2 Å². The second-order valence-electron chi connectivity index (χ2n) is 11.8. The molecule has 4 heterocycles. The van der Waals surface area contributed by atoms with Crippen molar-refractivity contribution in [2.45, 2.75) is 69.0 Å². The molecule has 1 fully saturated rings. The molecule has 20 heteroatoms. The van der Waals surface area contributed by atoms with Crippen molar-refractivity contribution >= 4 is 46.4 Å². The number of rotatable bonds is 13. The standard InChI is InChI=1S/C31H32F6N8O5S/c1-3-9-50-10-8-43(26(47)19-5-6-22(38-14-19)40-17(2)46)23-7-4-18(13-39-23)15-51-28-41-24-25(42-28)44(16-30(32,33)34)29(49)45(27(24)48)21-11-20(12-21)31(35,36)37/h4-7,13-14,20-21H,3,8-12,15-16H2,1-2H3,(H,41,42)(H,38,40,46). The quantitative estimate of drug-likeness (QED) is 0.108. The predicted molar refractivity (Wildman–Crippen MR) is 174 cm³/mol. The van der Waals surface area contributed by atoms with Gasteiger partial charge in [-0.15, -0.1) is 0 Å². The number of aromatic amines is 1. The number of pyridine rings is 2. The number of carbonyl (C=O) groups excluding carboxylic acids is 2. The highest BCUT2D eigenvalue weighted by atomic mass is 32.2. The molecule has 0 aromatic carbocycles. The van der Waals surface area contributed by atoms with Gasteiger partial charge < -0.3 is 15.0 Å². The van der Waals surface area contributed by atoms with Crippen molar-refractivity contribution < 1.29 is 40.7 Å². The molecule has 2 N–H and O–H groups in total. The monoisotopic (exact) mass is 742 g/mol. The zero-order valence-corrected chi connectivity index (χ0v) is 28.0. The summed E-state index contributed by atoms with van der Waals surface area (Å²) in [5.41, 5.74) is -2.64. The topological polar surface area (TPSA) is 157 Å². The minimum Gasteiger partial charge on any atom is -0.380 e. The number of nitrogens with zero attached hydrogens (tertiary/aromatic N) is 6. The third-order valence-electron chi connectivity index (χ3n) is 7.90. The maximum atomic E-state index is 13.5. The molecule has 1 aliphatic carbocycles. The summed E-state index contributed by atoms with van der Waals surface area (Å²) in [5.74, 6) is -1.83. The van der Waals surface area contributed by atoms with Gasteiger partial charge in [-0.1, -0.05) is 24.8 Å². The van der Waals surface area contributed by atoms with Crippen molar-refractivity contribution in [1.29, 1.82) is 0 Å². The Labute approximate surface area is 289 Å². The first-order valence-corrected chi connectivity index (χ1v) is 16.6. The van der Waals surface area contributed by atoms with Crippen LogP contribution in [0.5, 0.6) is 0 Å². The number of hydrogen-bond donors (Lipinski definition) is 2. The van der Waals surface area contributed by atoms with Crippen LogP contribution in [0.4, 0.5) is 38.0 Å². The number of carbonyl (C=O) groups is 2. The number of amides is 2. The number of thioether (sulfide) groups is 1. The largest absolute Gasteiger partial charge is 0.406 e. The Balaban J connectivity index is 1.35. The minimum atomic E-state index is -4.89. The predicted octanol–water partition coefficient (Wildman–Crippen LogP) is 5.08. The van der Waals surface area contributed by atoms with Gasteiger partial charge >= 0.3 is 18.0 Å². The Morgan fingerprint density at radius 3 is 2.39 bits per heavy atom. The van der Waals surface area contributed by atoms with E-state index in [2.05, 4.69) is 25.3 Å². The van der Waals surface area contributed by atoms with E-state index in [1.165, 1.54) is 36.4 Å². The Morgan fingerprint density at radius 2 is 1.80 bits per heavy atom. The summed E-state index contributed by atoms with van der Waals surface area (Å²) in [4.78, 5) is 67.6. The average molecular weight is 743 g/mol. The van der Waals surface area contributed by atoms with Crippen LogP contribution in [-0.4, -0.2) is 73.0 Å². The van der Waals surface area contributed by atoms with Crippen LogP contribution >= 0.6 is 11.8 Å². The van der Waals surface area contributed by atoms with Crippen LogP contribution < -0.4 is 21.5 Å². The van der Waals surface area contributed by atoms with Gasteiger partial charge in [-0.05, 0) is 43.0 Å². The number of anilines is 2. The number of hydrogen-bond acceptors (Lipinski definition) is 9. The van der Waals surface area contributed by atoms with Crippen molar-refractivity contribution in [2.24, 2.45) is 5.92 Å². The first-order chi connectivity index (χ1) is 24.1. The Bertz CT molecular complexity index is 1990. The summed E-state index contributed by atoms with van der Waals surface area (Å²) >= 11 is 0.982. The molecular weight excluding hydrogens is 710 g/mol.